The number of nitrogens with one attached hydrogen (secondary N) is 2. The van der Waals surface area contributed by atoms with Gasteiger partial charge in [-0.2, -0.15) is 0 Å². The molecule has 8 nitrogen and oxygen atoms in total. The molecule has 0 bridgehead atoms. The van der Waals surface area contributed by atoms with Crippen LogP contribution in [0.2, 0.25) is 0 Å². The summed E-state index contributed by atoms with van der Waals surface area (Å²) in [6.07, 6.45) is 0. The number of ether oxygens (including phenoxy) is 1. The molecule has 2 N–H and O–H groups in total. The van der Waals surface area contributed by atoms with Crippen LogP contribution in [0.15, 0.2) is 42.5 Å². The van der Waals surface area contributed by atoms with Crippen molar-refractivity contribution in [3.05, 3.63) is 59.2 Å². The van der Waals surface area contributed by atoms with Crippen molar-refractivity contribution >= 4 is 35.2 Å². The van der Waals surface area contributed by atoms with E-state index >= 15 is 0 Å². The average molecular weight is 409 g/mol. The number of benzene rings is 2. The van der Waals surface area contributed by atoms with Crippen molar-refractivity contribution in [3.63, 3.8) is 0 Å². The van der Waals surface area contributed by atoms with Crippen molar-refractivity contribution in [1.82, 2.24) is 4.90 Å². The Bertz CT molecular complexity index is 998. The van der Waals surface area contributed by atoms with Gasteiger partial charge in [-0.25, -0.2) is 9.59 Å². The maximum atomic E-state index is 12.5. The molecule has 0 atom stereocenters. The highest BCUT2D eigenvalue weighted by Crippen LogP contribution is 2.26. The Labute approximate surface area is 174 Å². The van der Waals surface area contributed by atoms with Crippen molar-refractivity contribution in [2.45, 2.75) is 20.8 Å². The summed E-state index contributed by atoms with van der Waals surface area (Å²) in [5.41, 5.74) is 1.87. The van der Waals surface area contributed by atoms with Crippen LogP contribution in [-0.4, -0.2) is 41.9 Å². The Morgan fingerprint density at radius 1 is 0.933 bits per heavy atom. The van der Waals surface area contributed by atoms with Crippen LogP contribution in [0.3, 0.4) is 0 Å². The van der Waals surface area contributed by atoms with Crippen LogP contribution in [-0.2, 0) is 4.74 Å². The van der Waals surface area contributed by atoms with Gasteiger partial charge in [-0.05, 0) is 55.3 Å². The van der Waals surface area contributed by atoms with E-state index in [4.69, 9.17) is 4.74 Å². The fourth-order valence-corrected chi connectivity index (χ4v) is 3.10. The second-order valence-electron chi connectivity index (χ2n) is 7.25. The van der Waals surface area contributed by atoms with Crippen molar-refractivity contribution in [1.29, 1.82) is 0 Å². The maximum Gasteiger partial charge on any atom is 0.338 e. The molecule has 2 aromatic carbocycles. The predicted molar refractivity (Wildman–Crippen MR) is 112 cm³/mol. The zero-order chi connectivity index (χ0) is 21.8. The summed E-state index contributed by atoms with van der Waals surface area (Å²) in [6, 6.07) is 10.4. The summed E-state index contributed by atoms with van der Waals surface area (Å²) in [5.74, 6) is -0.952. The van der Waals surface area contributed by atoms with Gasteiger partial charge < -0.3 is 15.4 Å². The molecule has 4 amide bonds. The van der Waals surface area contributed by atoms with Gasteiger partial charge >= 0.3 is 12.0 Å². The summed E-state index contributed by atoms with van der Waals surface area (Å²) < 4.78 is 4.92. The topological polar surface area (TPSA) is 105 Å². The first-order chi connectivity index (χ1) is 14.3. The Morgan fingerprint density at radius 3 is 2.17 bits per heavy atom. The van der Waals surface area contributed by atoms with Crippen molar-refractivity contribution in [2.75, 3.05) is 23.8 Å². The van der Waals surface area contributed by atoms with Gasteiger partial charge in [-0.3, -0.25) is 14.5 Å². The van der Waals surface area contributed by atoms with Crippen molar-refractivity contribution in [3.8, 4) is 0 Å². The molecule has 0 radical (unpaired) electrons. The Morgan fingerprint density at radius 2 is 1.53 bits per heavy atom. The van der Waals surface area contributed by atoms with Crippen LogP contribution < -0.4 is 10.6 Å². The molecule has 3 rings (SSSR count). The molecule has 1 heterocycles. The van der Waals surface area contributed by atoms with Gasteiger partial charge in [0.25, 0.3) is 11.8 Å². The molecule has 1 aliphatic heterocycles. The van der Waals surface area contributed by atoms with Crippen LogP contribution in [0.5, 0.6) is 0 Å². The van der Waals surface area contributed by atoms with E-state index in [9.17, 15) is 19.2 Å². The number of rotatable bonds is 6. The van der Waals surface area contributed by atoms with Gasteiger partial charge in [0.1, 0.15) is 0 Å². The lowest BCUT2D eigenvalue weighted by Crippen LogP contribution is -2.33. The zero-order valence-electron chi connectivity index (χ0n) is 17.0. The largest absolute Gasteiger partial charge is 0.462 e. The van der Waals surface area contributed by atoms with E-state index < -0.39 is 12.0 Å². The monoisotopic (exact) mass is 409 g/mol. The molecule has 0 unspecified atom stereocenters. The van der Waals surface area contributed by atoms with E-state index in [0.29, 0.717) is 29.0 Å². The molecule has 156 valence electrons. The van der Waals surface area contributed by atoms with Crippen LogP contribution in [0.25, 0.3) is 0 Å². The quantitative estimate of drug-likeness (QED) is 0.558. The van der Waals surface area contributed by atoms with Crippen LogP contribution >= 0.6 is 0 Å². The first-order valence-electron chi connectivity index (χ1n) is 9.65. The normalized spacial score (nSPS) is 12.7. The summed E-state index contributed by atoms with van der Waals surface area (Å²) >= 11 is 0. The SMILES string of the molecule is CCOC(=O)c1ccc(NC(=O)Nc2ccc3c(c2)C(=O)N(CC(C)C)C3=O)cc1. The maximum absolute atomic E-state index is 12.5. The van der Waals surface area contributed by atoms with Gasteiger partial charge in [-0.1, -0.05) is 13.8 Å². The number of amides is 4. The minimum absolute atomic E-state index is 0.158. The van der Waals surface area contributed by atoms with Crippen LogP contribution in [0, 0.1) is 5.92 Å². The van der Waals surface area contributed by atoms with Gasteiger partial charge in [-0.15, -0.1) is 0 Å². The molecule has 0 spiro atoms. The fourth-order valence-electron chi connectivity index (χ4n) is 3.10. The molecule has 0 fully saturated rings. The number of hydrogen-bond donors (Lipinski definition) is 2. The number of urea groups is 1. The number of esters is 1. The molecule has 30 heavy (non-hydrogen) atoms. The summed E-state index contributed by atoms with van der Waals surface area (Å²) in [7, 11) is 0. The van der Waals surface area contributed by atoms with Crippen molar-refractivity contribution < 1.29 is 23.9 Å². The number of hydrogen-bond acceptors (Lipinski definition) is 5. The average Bonchev–Trinajstić information content (AvgIpc) is 2.93. The zero-order valence-corrected chi connectivity index (χ0v) is 17.0. The van der Waals surface area contributed by atoms with E-state index in [2.05, 4.69) is 10.6 Å². The van der Waals surface area contributed by atoms with E-state index in [0.717, 1.165) is 0 Å². The second-order valence-corrected chi connectivity index (χ2v) is 7.25. The predicted octanol–water partition coefficient (Wildman–Crippen LogP) is 3.76. The number of carbonyl (C=O) groups excluding carboxylic acids is 4. The van der Waals surface area contributed by atoms with Gasteiger partial charge in [0.05, 0.1) is 23.3 Å². The second kappa shape index (κ2) is 8.77. The van der Waals surface area contributed by atoms with E-state index in [-0.39, 0.29) is 29.9 Å². The molecule has 0 saturated heterocycles. The fraction of sp³-hybridized carbons (Fsp3) is 0.273. The summed E-state index contributed by atoms with van der Waals surface area (Å²) in [6.45, 7) is 6.21. The third kappa shape index (κ3) is 4.48. The molecule has 1 aliphatic rings. The molecule has 2 aromatic rings. The van der Waals surface area contributed by atoms with E-state index in [1.165, 1.54) is 11.0 Å². The third-order valence-corrected chi connectivity index (χ3v) is 4.43. The Hall–Kier alpha value is -3.68. The first kappa shape index (κ1) is 21.0. The smallest absolute Gasteiger partial charge is 0.338 e. The minimum Gasteiger partial charge on any atom is -0.462 e. The molecular formula is C22H23N3O5. The minimum atomic E-state index is -0.519. The highest BCUT2D eigenvalue weighted by atomic mass is 16.5. The number of nitrogens with zero attached hydrogens (tertiary/aromatic N) is 1. The Kier molecular flexibility index (Phi) is 6.15. The molecular weight excluding hydrogens is 386 g/mol. The molecule has 8 heteroatoms. The lowest BCUT2D eigenvalue weighted by molar-refractivity contribution is 0.0525. The Balaban J connectivity index is 1.66. The van der Waals surface area contributed by atoms with E-state index in [1.54, 1.807) is 43.3 Å². The van der Waals surface area contributed by atoms with Crippen LogP contribution in [0.4, 0.5) is 16.2 Å². The number of anilines is 2. The van der Waals surface area contributed by atoms with Crippen molar-refractivity contribution in [2.24, 2.45) is 5.92 Å². The molecule has 0 aromatic heterocycles. The summed E-state index contributed by atoms with van der Waals surface area (Å²) in [5, 5.41) is 5.29. The molecule has 0 saturated carbocycles. The highest BCUT2D eigenvalue weighted by molar-refractivity contribution is 6.22. The van der Waals surface area contributed by atoms with E-state index in [1.807, 2.05) is 13.8 Å². The summed E-state index contributed by atoms with van der Waals surface area (Å²) in [4.78, 5) is 50.1. The van der Waals surface area contributed by atoms with Gasteiger partial charge in [0.2, 0.25) is 0 Å². The number of fused-ring (bicyclic) bond motifs is 1. The standard InChI is InChI=1S/C22H23N3O5/c1-4-30-21(28)14-5-7-15(8-6-14)23-22(29)24-16-9-10-17-18(11-16)20(27)25(19(17)26)12-13(2)3/h5-11,13H,4,12H2,1-3H3,(H2,23,24,29). The number of imide groups is 1. The van der Waals surface area contributed by atoms with Gasteiger partial charge in [0.15, 0.2) is 0 Å². The highest BCUT2D eigenvalue weighted by Gasteiger charge is 2.35. The van der Waals surface area contributed by atoms with Gasteiger partial charge in [0, 0.05) is 17.9 Å². The third-order valence-electron chi connectivity index (χ3n) is 4.43. The lowest BCUT2D eigenvalue weighted by Gasteiger charge is -2.15. The van der Waals surface area contributed by atoms with Crippen LogP contribution in [0.1, 0.15) is 51.8 Å². The lowest BCUT2D eigenvalue weighted by atomic mass is 10.1. The molecule has 0 aliphatic carbocycles. The number of carbonyl (C=O) groups is 4. The first-order valence-corrected chi connectivity index (χ1v) is 9.65.